The Balaban J connectivity index is 1.23. The van der Waals surface area contributed by atoms with E-state index in [1.54, 1.807) is 6.07 Å². The topological polar surface area (TPSA) is 76.6 Å². The van der Waals surface area contributed by atoms with Crippen LogP contribution in [0.25, 0.3) is 0 Å². The van der Waals surface area contributed by atoms with E-state index in [0.717, 1.165) is 101 Å². The molecule has 3 aromatic rings. The second-order valence-corrected chi connectivity index (χ2v) is 13.9. The first-order chi connectivity index (χ1) is 23.8. The quantitative estimate of drug-likeness (QED) is 0.151. The number of phenols is 1. The summed E-state index contributed by atoms with van der Waals surface area (Å²) in [6.45, 7) is 14.0. The van der Waals surface area contributed by atoms with Crippen LogP contribution in [0.15, 0.2) is 78.9 Å². The van der Waals surface area contributed by atoms with Crippen molar-refractivity contribution in [1.29, 1.82) is 0 Å². The number of hydrogen-bond acceptors (Lipinski definition) is 7. The first-order valence-corrected chi connectivity index (χ1v) is 18.4. The van der Waals surface area contributed by atoms with Crippen LogP contribution in [0.2, 0.25) is 0 Å². The van der Waals surface area contributed by atoms with Crippen LogP contribution in [-0.4, -0.2) is 101 Å². The average molecular weight is 669 g/mol. The fourth-order valence-corrected chi connectivity index (χ4v) is 7.51. The molecule has 2 aliphatic heterocycles. The van der Waals surface area contributed by atoms with Gasteiger partial charge < -0.3 is 19.6 Å². The Hall–Kier alpha value is -3.72. The highest BCUT2D eigenvalue weighted by molar-refractivity contribution is 5.94. The fourth-order valence-electron chi connectivity index (χ4n) is 7.51. The molecule has 1 unspecified atom stereocenters. The van der Waals surface area contributed by atoms with Gasteiger partial charge in [0.2, 0.25) is 0 Å². The van der Waals surface area contributed by atoms with Gasteiger partial charge in [-0.05, 0) is 94.1 Å². The molecule has 3 aromatic carbocycles. The molecule has 264 valence electrons. The molecular weight excluding hydrogens is 612 g/mol. The van der Waals surface area contributed by atoms with Gasteiger partial charge in [-0.15, -0.1) is 0 Å². The van der Waals surface area contributed by atoms with Crippen molar-refractivity contribution >= 4 is 11.9 Å². The van der Waals surface area contributed by atoms with Gasteiger partial charge in [0, 0.05) is 63.3 Å². The molecule has 1 amide bonds. The maximum atomic E-state index is 14.0. The van der Waals surface area contributed by atoms with Crippen molar-refractivity contribution in [3.63, 3.8) is 0 Å². The summed E-state index contributed by atoms with van der Waals surface area (Å²) < 4.78 is 5.03. The lowest BCUT2D eigenvalue weighted by Gasteiger charge is -2.47. The zero-order valence-corrected chi connectivity index (χ0v) is 29.8. The summed E-state index contributed by atoms with van der Waals surface area (Å²) in [5.41, 5.74) is 4.16. The smallest absolute Gasteiger partial charge is 0.305 e. The molecule has 2 saturated heterocycles. The first kappa shape index (κ1) is 36.6. The third-order valence-corrected chi connectivity index (χ3v) is 10.1. The van der Waals surface area contributed by atoms with Crippen LogP contribution >= 0.6 is 0 Å². The van der Waals surface area contributed by atoms with Crippen LogP contribution < -0.4 is 0 Å². The van der Waals surface area contributed by atoms with Gasteiger partial charge in [0.15, 0.2) is 0 Å². The highest BCUT2D eigenvalue weighted by Crippen LogP contribution is 2.35. The highest BCUT2D eigenvalue weighted by Gasteiger charge is 2.35. The molecule has 49 heavy (non-hydrogen) atoms. The van der Waals surface area contributed by atoms with E-state index in [0.29, 0.717) is 19.1 Å². The number of ether oxygens (including phenoxy) is 1. The number of aromatic hydroxyl groups is 1. The fraction of sp³-hybridized carbons (Fsp3) is 0.512. The van der Waals surface area contributed by atoms with Crippen molar-refractivity contribution in [2.75, 3.05) is 52.4 Å². The van der Waals surface area contributed by atoms with Gasteiger partial charge in [-0.3, -0.25) is 19.4 Å². The SMILES string of the molecule is CCOC(=O)CCCCCCN1CCCN(C(=O)c2cccc(C(c3cccc(O)c3)N3C[C@@H](C)N(Cc4ccccc4)C[C@@H]3C)c2)CC1. The van der Waals surface area contributed by atoms with Crippen molar-refractivity contribution in [3.05, 3.63) is 101 Å². The van der Waals surface area contributed by atoms with E-state index in [2.05, 4.69) is 77.1 Å². The maximum Gasteiger partial charge on any atom is 0.305 e. The van der Waals surface area contributed by atoms with Gasteiger partial charge in [-0.2, -0.15) is 0 Å². The number of nitrogens with zero attached hydrogens (tertiary/aromatic N) is 4. The number of carbonyl (C=O) groups is 2. The van der Waals surface area contributed by atoms with Crippen molar-refractivity contribution in [2.24, 2.45) is 0 Å². The Morgan fingerprint density at radius 2 is 1.57 bits per heavy atom. The molecule has 5 rings (SSSR count). The molecule has 2 fully saturated rings. The number of unbranched alkanes of at least 4 members (excludes halogenated alkanes) is 3. The van der Waals surface area contributed by atoms with Gasteiger partial charge in [0.1, 0.15) is 5.75 Å². The number of benzene rings is 3. The molecule has 2 heterocycles. The molecule has 0 saturated carbocycles. The molecule has 1 N–H and O–H groups in total. The largest absolute Gasteiger partial charge is 0.508 e. The number of carbonyl (C=O) groups excluding carboxylic acids is 2. The van der Waals surface area contributed by atoms with Crippen LogP contribution in [0, 0.1) is 0 Å². The number of amides is 1. The zero-order chi connectivity index (χ0) is 34.6. The summed E-state index contributed by atoms with van der Waals surface area (Å²) in [5.74, 6) is 0.247. The van der Waals surface area contributed by atoms with E-state index in [1.165, 1.54) is 5.56 Å². The number of rotatable bonds is 14. The summed E-state index contributed by atoms with van der Waals surface area (Å²) in [5, 5.41) is 10.5. The minimum absolute atomic E-state index is 0.0893. The normalized spacial score (nSPS) is 20.1. The third-order valence-electron chi connectivity index (χ3n) is 10.1. The van der Waals surface area contributed by atoms with E-state index in [9.17, 15) is 14.7 Å². The predicted octanol–water partition coefficient (Wildman–Crippen LogP) is 6.74. The molecule has 0 aromatic heterocycles. The number of hydrogen-bond donors (Lipinski definition) is 1. The first-order valence-electron chi connectivity index (χ1n) is 18.4. The van der Waals surface area contributed by atoms with Crippen molar-refractivity contribution in [1.82, 2.24) is 19.6 Å². The minimum atomic E-state index is -0.0956. The van der Waals surface area contributed by atoms with E-state index < -0.39 is 0 Å². The van der Waals surface area contributed by atoms with Gasteiger partial charge in [-0.25, -0.2) is 0 Å². The van der Waals surface area contributed by atoms with E-state index in [4.69, 9.17) is 4.74 Å². The molecule has 8 heteroatoms. The van der Waals surface area contributed by atoms with Crippen molar-refractivity contribution < 1.29 is 19.4 Å². The predicted molar refractivity (Wildman–Crippen MR) is 196 cm³/mol. The Morgan fingerprint density at radius 3 is 2.35 bits per heavy atom. The lowest BCUT2D eigenvalue weighted by molar-refractivity contribution is -0.143. The third kappa shape index (κ3) is 10.4. The van der Waals surface area contributed by atoms with Crippen LogP contribution in [0.5, 0.6) is 5.75 Å². The monoisotopic (exact) mass is 668 g/mol. The van der Waals surface area contributed by atoms with Crippen molar-refractivity contribution in [2.45, 2.75) is 84.0 Å². The molecule has 3 atom stereocenters. The molecule has 0 radical (unpaired) electrons. The number of phenolic OH excluding ortho intramolecular Hbond substituents is 1. The lowest BCUT2D eigenvalue weighted by atomic mass is 9.92. The highest BCUT2D eigenvalue weighted by atomic mass is 16.5. The Morgan fingerprint density at radius 1 is 0.816 bits per heavy atom. The van der Waals surface area contributed by atoms with E-state index in [1.807, 2.05) is 36.1 Å². The second kappa shape index (κ2) is 18.3. The molecular formula is C41H56N4O4. The summed E-state index contributed by atoms with van der Waals surface area (Å²) >= 11 is 0. The Kier molecular flexibility index (Phi) is 13.7. The van der Waals surface area contributed by atoms with E-state index >= 15 is 0 Å². The molecule has 0 bridgehead atoms. The standard InChI is InChI=1S/C41H56N4O4/c1-4-49-39(47)21-10-5-6-11-22-42-23-14-24-43(26-25-42)41(48)37-19-12-17-35(27-37)40(36-18-13-20-38(46)28-36)45-30-32(2)44(29-33(45)3)31-34-15-8-7-9-16-34/h7-9,12-13,15-20,27-28,32-33,40,46H,4-6,10-11,14,21-26,29-31H2,1-3H3/t32-,33+,40?/m1/s1. The van der Waals surface area contributed by atoms with Crippen LogP contribution in [-0.2, 0) is 16.1 Å². The van der Waals surface area contributed by atoms with Gasteiger partial charge >= 0.3 is 5.97 Å². The number of esters is 1. The molecule has 8 nitrogen and oxygen atoms in total. The van der Waals surface area contributed by atoms with Crippen LogP contribution in [0.4, 0.5) is 0 Å². The van der Waals surface area contributed by atoms with Gasteiger partial charge in [0.25, 0.3) is 5.91 Å². The van der Waals surface area contributed by atoms with Crippen LogP contribution in [0.1, 0.15) is 92.4 Å². The molecule has 0 aliphatic carbocycles. The maximum absolute atomic E-state index is 14.0. The summed E-state index contributed by atoms with van der Waals surface area (Å²) in [4.78, 5) is 35.1. The Labute approximate surface area is 293 Å². The van der Waals surface area contributed by atoms with Gasteiger partial charge in [-0.1, -0.05) is 67.4 Å². The average Bonchev–Trinajstić information content (AvgIpc) is 3.35. The summed E-state index contributed by atoms with van der Waals surface area (Å²) in [6.07, 6.45) is 5.60. The van der Waals surface area contributed by atoms with Crippen LogP contribution in [0.3, 0.4) is 0 Å². The Bertz CT molecular complexity index is 1480. The van der Waals surface area contributed by atoms with Gasteiger partial charge in [0.05, 0.1) is 12.6 Å². The lowest BCUT2D eigenvalue weighted by Crippen LogP contribution is -2.56. The zero-order valence-electron chi connectivity index (χ0n) is 29.8. The second-order valence-electron chi connectivity index (χ2n) is 13.9. The van der Waals surface area contributed by atoms with E-state index in [-0.39, 0.29) is 29.7 Å². The molecule has 0 spiro atoms. The van der Waals surface area contributed by atoms with Crippen molar-refractivity contribution in [3.8, 4) is 5.75 Å². The summed E-state index contributed by atoms with van der Waals surface area (Å²) in [6, 6.07) is 27.0. The minimum Gasteiger partial charge on any atom is -0.508 e. The number of piperazine rings is 1. The summed E-state index contributed by atoms with van der Waals surface area (Å²) in [7, 11) is 0. The molecule has 2 aliphatic rings.